The lowest BCUT2D eigenvalue weighted by Gasteiger charge is -2.26. The number of thiophene rings is 1. The van der Waals surface area contributed by atoms with Gasteiger partial charge in [0, 0.05) is 30.2 Å². The molecule has 1 aliphatic rings. The molecule has 3 aromatic rings. The number of aromatic nitrogens is 2. The summed E-state index contributed by atoms with van der Waals surface area (Å²) in [4.78, 5) is 31.7. The molecule has 1 unspecified atom stereocenters. The number of amides is 2. The van der Waals surface area contributed by atoms with Gasteiger partial charge in [0.1, 0.15) is 17.7 Å². The van der Waals surface area contributed by atoms with Crippen LogP contribution in [0.3, 0.4) is 0 Å². The smallest absolute Gasteiger partial charge is 0.410 e. The quantitative estimate of drug-likeness (QED) is 0.568. The van der Waals surface area contributed by atoms with Crippen LogP contribution in [0.5, 0.6) is 0 Å². The van der Waals surface area contributed by atoms with Gasteiger partial charge in [0.15, 0.2) is 0 Å². The maximum atomic E-state index is 12.7. The van der Waals surface area contributed by atoms with Crippen LogP contribution in [0.1, 0.15) is 40.8 Å². The summed E-state index contributed by atoms with van der Waals surface area (Å²) < 4.78 is 7.23. The van der Waals surface area contributed by atoms with Gasteiger partial charge in [-0.1, -0.05) is 37.3 Å². The second-order valence-corrected chi connectivity index (χ2v) is 9.08. The van der Waals surface area contributed by atoms with Crippen molar-refractivity contribution in [1.29, 1.82) is 5.26 Å². The highest BCUT2D eigenvalue weighted by molar-refractivity contribution is 7.16. The number of nitriles is 1. The van der Waals surface area contributed by atoms with E-state index in [4.69, 9.17) is 4.74 Å². The fourth-order valence-corrected chi connectivity index (χ4v) is 5.10. The number of hydrogen-bond donors (Lipinski definition) is 1. The van der Waals surface area contributed by atoms with E-state index >= 15 is 0 Å². The molecule has 33 heavy (non-hydrogen) atoms. The van der Waals surface area contributed by atoms with Gasteiger partial charge in [0.05, 0.1) is 25.0 Å². The van der Waals surface area contributed by atoms with Gasteiger partial charge in [-0.2, -0.15) is 5.26 Å². The maximum absolute atomic E-state index is 12.7. The van der Waals surface area contributed by atoms with Gasteiger partial charge in [-0.25, -0.2) is 9.78 Å². The molecule has 2 amide bonds. The van der Waals surface area contributed by atoms with Crippen LogP contribution in [0.2, 0.25) is 0 Å². The van der Waals surface area contributed by atoms with Crippen molar-refractivity contribution in [2.75, 3.05) is 18.5 Å². The summed E-state index contributed by atoms with van der Waals surface area (Å²) in [6.45, 7) is 3.65. The Labute approximate surface area is 196 Å². The standard InChI is InChI=1S/C24H25N5O3S/c1-17(18-5-3-2-4-6-18)13-22(30)27-23-20(14-25)19-7-9-29(15-21(19)33-23)24(31)32-12-11-28-10-8-26-16-28/h2-6,8,10,16-17H,7,9,11-13,15H2,1H3,(H,27,30). The number of imidazole rings is 1. The van der Waals surface area contributed by atoms with Gasteiger partial charge in [-0.3, -0.25) is 4.79 Å². The fraction of sp³-hybridized carbons (Fsp3) is 0.333. The molecule has 2 aromatic heterocycles. The fourth-order valence-electron chi connectivity index (χ4n) is 3.87. The Kier molecular flexibility index (Phi) is 7.05. The molecule has 8 nitrogen and oxygen atoms in total. The lowest BCUT2D eigenvalue weighted by Crippen LogP contribution is -2.36. The van der Waals surface area contributed by atoms with Crippen LogP contribution in [0.15, 0.2) is 49.1 Å². The number of carbonyl (C=O) groups is 2. The molecule has 170 valence electrons. The van der Waals surface area contributed by atoms with E-state index in [1.54, 1.807) is 17.4 Å². The third-order valence-electron chi connectivity index (χ3n) is 5.67. The van der Waals surface area contributed by atoms with Crippen LogP contribution in [-0.2, 0) is 29.0 Å². The topological polar surface area (TPSA) is 100 Å². The molecule has 4 rings (SSSR count). The summed E-state index contributed by atoms with van der Waals surface area (Å²) in [7, 11) is 0. The van der Waals surface area contributed by atoms with E-state index in [-0.39, 0.29) is 24.5 Å². The van der Waals surface area contributed by atoms with Gasteiger partial charge in [-0.05, 0) is 23.5 Å². The molecule has 0 radical (unpaired) electrons. The predicted molar refractivity (Wildman–Crippen MR) is 125 cm³/mol. The zero-order chi connectivity index (χ0) is 23.2. The average Bonchev–Trinajstić information content (AvgIpc) is 3.46. The molecule has 1 N–H and O–H groups in total. The van der Waals surface area contributed by atoms with Crippen LogP contribution in [0.25, 0.3) is 0 Å². The van der Waals surface area contributed by atoms with Crippen LogP contribution in [0.4, 0.5) is 9.80 Å². The molecular formula is C24H25N5O3S. The third-order valence-corrected chi connectivity index (χ3v) is 6.81. The second-order valence-electron chi connectivity index (χ2n) is 7.97. The van der Waals surface area contributed by atoms with Crippen molar-refractivity contribution in [3.63, 3.8) is 0 Å². The van der Waals surface area contributed by atoms with E-state index in [0.717, 1.165) is 16.0 Å². The lowest BCUT2D eigenvalue weighted by atomic mass is 9.97. The second kappa shape index (κ2) is 10.3. The van der Waals surface area contributed by atoms with Crippen molar-refractivity contribution in [3.05, 3.63) is 70.6 Å². The van der Waals surface area contributed by atoms with Crippen molar-refractivity contribution in [3.8, 4) is 6.07 Å². The van der Waals surface area contributed by atoms with E-state index in [1.807, 2.05) is 48.0 Å². The number of carbonyl (C=O) groups excluding carboxylic acids is 2. The monoisotopic (exact) mass is 463 g/mol. The van der Waals surface area contributed by atoms with Crippen LogP contribution >= 0.6 is 11.3 Å². The molecule has 0 fully saturated rings. The number of fused-ring (bicyclic) bond motifs is 1. The summed E-state index contributed by atoms with van der Waals surface area (Å²) in [5.74, 6) is -0.0591. The minimum atomic E-state index is -0.380. The summed E-state index contributed by atoms with van der Waals surface area (Å²) in [6, 6.07) is 12.1. The molecule has 0 saturated heterocycles. The number of hydrogen-bond acceptors (Lipinski definition) is 6. The summed E-state index contributed by atoms with van der Waals surface area (Å²) in [5.41, 5.74) is 2.51. The van der Waals surface area contributed by atoms with Crippen molar-refractivity contribution in [1.82, 2.24) is 14.5 Å². The Morgan fingerprint density at radius 3 is 2.88 bits per heavy atom. The van der Waals surface area contributed by atoms with Crippen LogP contribution in [-0.4, -0.2) is 39.6 Å². The number of nitrogens with one attached hydrogen (secondary N) is 1. The van der Waals surface area contributed by atoms with Crippen LogP contribution < -0.4 is 5.32 Å². The minimum absolute atomic E-state index is 0.0684. The predicted octanol–water partition coefficient (Wildman–Crippen LogP) is 4.14. The Morgan fingerprint density at radius 1 is 1.33 bits per heavy atom. The highest BCUT2D eigenvalue weighted by Crippen LogP contribution is 2.37. The SMILES string of the molecule is CC(CC(=O)Nc1sc2c(c1C#N)CCN(C(=O)OCCn1ccnc1)C2)c1ccccc1. The first-order valence-electron chi connectivity index (χ1n) is 10.8. The van der Waals surface area contributed by atoms with Crippen LogP contribution in [0, 0.1) is 11.3 Å². The van der Waals surface area contributed by atoms with Gasteiger partial charge in [0.2, 0.25) is 5.91 Å². The average molecular weight is 464 g/mol. The first-order valence-corrected chi connectivity index (χ1v) is 11.6. The Bertz CT molecular complexity index is 1150. The Balaban J connectivity index is 1.36. The summed E-state index contributed by atoms with van der Waals surface area (Å²) in [5, 5.41) is 13.2. The van der Waals surface area contributed by atoms with Gasteiger partial charge in [0.25, 0.3) is 0 Å². The number of rotatable bonds is 7. The minimum Gasteiger partial charge on any atom is -0.448 e. The Hall–Kier alpha value is -3.64. The van der Waals surface area contributed by atoms with E-state index in [9.17, 15) is 14.9 Å². The van der Waals surface area contributed by atoms with Crippen molar-refractivity contribution in [2.45, 2.75) is 38.8 Å². The zero-order valence-electron chi connectivity index (χ0n) is 18.4. The molecular weight excluding hydrogens is 438 g/mol. The van der Waals surface area contributed by atoms with Crippen molar-refractivity contribution >= 4 is 28.3 Å². The molecule has 9 heteroatoms. The molecule has 0 bridgehead atoms. The van der Waals surface area contributed by atoms with E-state index in [0.29, 0.717) is 43.0 Å². The number of nitrogens with zero attached hydrogens (tertiary/aromatic N) is 4. The van der Waals surface area contributed by atoms with Gasteiger partial charge in [-0.15, -0.1) is 11.3 Å². The van der Waals surface area contributed by atoms with E-state index in [2.05, 4.69) is 16.4 Å². The molecule has 0 aliphatic carbocycles. The third kappa shape index (κ3) is 5.41. The van der Waals surface area contributed by atoms with Gasteiger partial charge < -0.3 is 19.5 Å². The Morgan fingerprint density at radius 2 is 2.15 bits per heavy atom. The van der Waals surface area contributed by atoms with E-state index in [1.165, 1.54) is 11.3 Å². The molecule has 3 heterocycles. The first kappa shape index (κ1) is 22.6. The normalized spacial score (nSPS) is 13.6. The molecule has 1 aromatic carbocycles. The van der Waals surface area contributed by atoms with E-state index < -0.39 is 0 Å². The zero-order valence-corrected chi connectivity index (χ0v) is 19.2. The van der Waals surface area contributed by atoms with Gasteiger partial charge >= 0.3 is 6.09 Å². The molecule has 1 atom stereocenters. The molecule has 1 aliphatic heterocycles. The molecule has 0 saturated carbocycles. The summed E-state index contributed by atoms with van der Waals surface area (Å²) >= 11 is 1.36. The number of benzene rings is 1. The largest absolute Gasteiger partial charge is 0.448 e. The number of ether oxygens (including phenoxy) is 1. The summed E-state index contributed by atoms with van der Waals surface area (Å²) in [6.07, 6.45) is 5.67. The van der Waals surface area contributed by atoms with Crippen molar-refractivity contribution in [2.24, 2.45) is 0 Å². The maximum Gasteiger partial charge on any atom is 0.410 e. The molecule has 0 spiro atoms. The first-order chi connectivity index (χ1) is 16.0. The number of anilines is 1. The van der Waals surface area contributed by atoms with Crippen molar-refractivity contribution < 1.29 is 14.3 Å². The highest BCUT2D eigenvalue weighted by atomic mass is 32.1. The lowest BCUT2D eigenvalue weighted by molar-refractivity contribution is -0.116. The highest BCUT2D eigenvalue weighted by Gasteiger charge is 2.28.